The Morgan fingerprint density at radius 2 is 1.76 bits per heavy atom. The third-order valence-electron chi connectivity index (χ3n) is 6.54. The number of aryl methyl sites for hydroxylation is 1. The van der Waals surface area contributed by atoms with Gasteiger partial charge in [-0.25, -0.2) is 8.78 Å². The van der Waals surface area contributed by atoms with Crippen molar-refractivity contribution in [2.75, 3.05) is 29.1 Å². The molecule has 0 aliphatic carbocycles. The van der Waals surface area contributed by atoms with Crippen LogP contribution in [0.2, 0.25) is 0 Å². The number of benzene rings is 2. The molecular weight excluding hydrogens is 614 g/mol. The molecule has 0 spiro atoms. The van der Waals surface area contributed by atoms with E-state index in [9.17, 15) is 23.2 Å². The van der Waals surface area contributed by atoms with E-state index in [0.717, 1.165) is 18.2 Å². The minimum atomic E-state index is -2.81. The highest BCUT2D eigenvalue weighted by molar-refractivity contribution is 7.81. The minimum Gasteiger partial charge on any atom is -0.368 e. The number of amides is 3. The van der Waals surface area contributed by atoms with Crippen molar-refractivity contribution in [1.82, 2.24) is 15.6 Å². The van der Waals surface area contributed by atoms with Gasteiger partial charge < -0.3 is 25.7 Å². The molecule has 3 N–H and O–H groups in total. The third kappa shape index (κ3) is 7.08. The summed E-state index contributed by atoms with van der Waals surface area (Å²) < 4.78 is 86.3. The highest BCUT2D eigenvalue weighted by atomic mass is 32.1. The van der Waals surface area contributed by atoms with Crippen molar-refractivity contribution in [3.63, 3.8) is 0 Å². The van der Waals surface area contributed by atoms with Gasteiger partial charge in [-0.3, -0.25) is 19.3 Å². The van der Waals surface area contributed by atoms with Crippen LogP contribution in [0.1, 0.15) is 64.9 Å². The van der Waals surface area contributed by atoms with Crippen molar-refractivity contribution in [2.24, 2.45) is 0 Å². The third-order valence-corrected chi connectivity index (χ3v) is 6.91. The molecule has 2 heterocycles. The first kappa shape index (κ1) is 24.8. The predicted octanol–water partition coefficient (Wildman–Crippen LogP) is 5.26. The summed E-state index contributed by atoms with van der Waals surface area (Å²) in [6, 6.07) is 6.66. The van der Waals surface area contributed by atoms with Crippen LogP contribution in [0.25, 0.3) is 4.85 Å². The second kappa shape index (κ2) is 13.7. The average Bonchev–Trinajstić information content (AvgIpc) is 3.21. The van der Waals surface area contributed by atoms with Gasteiger partial charge in [0, 0.05) is 33.6 Å². The van der Waals surface area contributed by atoms with E-state index in [1.54, 1.807) is 37.5 Å². The number of carbonyl (C=O) groups excluding carboxylic acids is 3. The molecule has 0 atom stereocenters. The summed E-state index contributed by atoms with van der Waals surface area (Å²) in [5, 5.41) is 14.9. The summed E-state index contributed by atoms with van der Waals surface area (Å²) in [6.07, 6.45) is 1.37. The Kier molecular flexibility index (Phi) is 7.37. The normalized spacial score (nSPS) is 16.7. The van der Waals surface area contributed by atoms with Gasteiger partial charge in [-0.05, 0) is 94.8 Å². The first-order valence-corrected chi connectivity index (χ1v) is 13.5. The number of halogens is 2. The number of carbonyl (C=O) groups is 3. The fourth-order valence-corrected chi connectivity index (χ4v) is 4.73. The Labute approximate surface area is 282 Å². The zero-order chi connectivity index (χ0) is 41.3. The summed E-state index contributed by atoms with van der Waals surface area (Å²) in [7, 11) is 0. The van der Waals surface area contributed by atoms with E-state index >= 15 is 0 Å². The number of hydrogen-bond donors (Lipinski definition) is 3. The minimum absolute atomic E-state index is 0.0656. The first-order chi connectivity index (χ1) is 24.7. The fourth-order valence-electron chi connectivity index (χ4n) is 4.20. The molecule has 1 fully saturated rings. The molecule has 238 valence electrons. The molecule has 1 aliphatic rings. The van der Waals surface area contributed by atoms with Crippen molar-refractivity contribution in [3.05, 3.63) is 88.4 Å². The van der Waals surface area contributed by atoms with Gasteiger partial charge in [-0.15, -0.1) is 4.98 Å². The van der Waals surface area contributed by atoms with E-state index in [4.69, 9.17) is 35.0 Å². The molecule has 3 amide bonds. The average molecular weight is 655 g/mol. The Hall–Kier alpha value is -5.47. The van der Waals surface area contributed by atoms with Gasteiger partial charge in [-0.2, -0.15) is 5.26 Å². The fraction of sp³-hybridized carbons (Fsp3) is 0.281. The second-order valence-corrected chi connectivity index (χ2v) is 11.1. The van der Waals surface area contributed by atoms with Crippen molar-refractivity contribution < 1.29 is 34.1 Å². The largest absolute Gasteiger partial charge is 0.368 e. The lowest BCUT2D eigenvalue weighted by Gasteiger charge is -2.29. The van der Waals surface area contributed by atoms with Gasteiger partial charge in [0.15, 0.2) is 5.11 Å². The molecule has 11 nitrogen and oxygen atoms in total. The number of anilines is 3. The van der Waals surface area contributed by atoms with E-state index < -0.39 is 71.7 Å². The number of aromatic nitrogens is 1. The molecular formula is C32H32F2N8O3S. The van der Waals surface area contributed by atoms with E-state index in [-0.39, 0.29) is 28.2 Å². The van der Waals surface area contributed by atoms with Crippen LogP contribution in [-0.4, -0.2) is 52.8 Å². The summed E-state index contributed by atoms with van der Waals surface area (Å²) in [4.78, 5) is 47.0. The maximum Gasteiger partial charge on any atom is 0.272 e. The van der Waals surface area contributed by atoms with Gasteiger partial charge in [0.05, 0.1) is 25.6 Å². The van der Waals surface area contributed by atoms with Crippen LogP contribution in [0.5, 0.6) is 0 Å². The molecule has 0 radical (unpaired) electrons. The number of nitrogens with zero attached hydrogens (tertiary/aromatic N) is 5. The number of pyridine rings is 1. The first-order valence-electron chi connectivity index (χ1n) is 17.1. The Bertz CT molecular complexity index is 2130. The maximum atomic E-state index is 14.7. The summed E-state index contributed by atoms with van der Waals surface area (Å²) >= 11 is 5.52. The number of nitriles is 1. The SMILES string of the molecule is [2H]C([2H])([2H])NC(=O)c1ccc(N2C(=S)N(c3cnc([N+]#[C-])c(C)c3)C(=O)C2(C)C)cc1F.[2H]c1cc(C(=O)NC([2H])([2H])[2H])c(F)c([2H])c1NC(C)(C)C#N. The van der Waals surface area contributed by atoms with Gasteiger partial charge in [-0.1, -0.05) is 6.57 Å². The number of rotatable bonds is 6. The van der Waals surface area contributed by atoms with Crippen molar-refractivity contribution in [3.8, 4) is 6.07 Å². The second-order valence-electron chi connectivity index (χ2n) is 10.7. The summed E-state index contributed by atoms with van der Waals surface area (Å²) in [6.45, 7) is 9.41. The van der Waals surface area contributed by atoms with Crippen LogP contribution in [0, 0.1) is 36.5 Å². The Balaban J connectivity index is 0.000000313. The standard InChI is InChI=1S/C20H18FN5O2S.C12H14FN3O/c1-11-8-13(10-24-16(11)22-4)25-18(28)20(2,3)26(19(25)29)12-6-7-14(15(21)9-12)17(27)23-5;1-12(2,7-14)16-8-4-5-9(10(13)6-8)11(17)15-3/h6-10H,1-3,5H3,(H,23,27);4-6,16H,1-3H3,(H,15,17)/i5D3;3D3,4D,6D. The molecule has 0 saturated carbocycles. The molecule has 2 aromatic carbocycles. The van der Waals surface area contributed by atoms with Crippen LogP contribution in [0.4, 0.5) is 31.7 Å². The van der Waals surface area contributed by atoms with E-state index in [1.807, 2.05) is 6.07 Å². The Morgan fingerprint density at radius 1 is 1.13 bits per heavy atom. The van der Waals surface area contributed by atoms with Gasteiger partial charge in [0.1, 0.15) is 28.9 Å². The number of hydrogen-bond acceptors (Lipinski definition) is 7. The lowest BCUT2D eigenvalue weighted by Crippen LogP contribution is -2.44. The van der Waals surface area contributed by atoms with E-state index in [0.29, 0.717) is 11.3 Å². The zero-order valence-electron chi connectivity index (χ0n) is 33.1. The lowest BCUT2D eigenvalue weighted by atomic mass is 10.0. The highest BCUT2D eigenvalue weighted by Gasteiger charge is 2.50. The molecule has 0 unspecified atom stereocenters. The smallest absolute Gasteiger partial charge is 0.272 e. The van der Waals surface area contributed by atoms with Gasteiger partial charge in [0.2, 0.25) is 0 Å². The van der Waals surface area contributed by atoms with Crippen molar-refractivity contribution in [1.29, 1.82) is 5.26 Å². The zero-order valence-corrected chi connectivity index (χ0v) is 25.9. The van der Waals surface area contributed by atoms with Crippen LogP contribution in [-0.2, 0) is 4.79 Å². The van der Waals surface area contributed by atoms with Crippen LogP contribution in [0.15, 0.2) is 48.6 Å². The predicted molar refractivity (Wildman–Crippen MR) is 175 cm³/mol. The number of thiocarbonyl (C=S) groups is 1. The highest BCUT2D eigenvalue weighted by Crippen LogP contribution is 2.37. The topological polar surface area (TPSA) is 135 Å². The van der Waals surface area contributed by atoms with Crippen LogP contribution < -0.4 is 25.8 Å². The van der Waals surface area contributed by atoms with Gasteiger partial charge >= 0.3 is 0 Å². The molecule has 1 aliphatic heterocycles. The van der Waals surface area contributed by atoms with Crippen LogP contribution >= 0.6 is 12.2 Å². The van der Waals surface area contributed by atoms with E-state index in [2.05, 4.69) is 15.1 Å². The monoisotopic (exact) mass is 654 g/mol. The molecule has 0 bridgehead atoms. The van der Waals surface area contributed by atoms with Crippen LogP contribution in [0.3, 0.4) is 0 Å². The van der Waals surface area contributed by atoms with Crippen molar-refractivity contribution in [2.45, 2.75) is 45.7 Å². The molecule has 46 heavy (non-hydrogen) atoms. The molecule has 3 aromatic rings. The van der Waals surface area contributed by atoms with Gasteiger partial charge in [0.25, 0.3) is 23.5 Å². The maximum absolute atomic E-state index is 14.7. The van der Waals surface area contributed by atoms with E-state index in [1.165, 1.54) is 35.9 Å². The number of nitrogens with one attached hydrogen (secondary N) is 3. The molecule has 14 heteroatoms. The summed E-state index contributed by atoms with van der Waals surface area (Å²) in [5.74, 6) is -4.75. The summed E-state index contributed by atoms with van der Waals surface area (Å²) in [5.41, 5.74) is -2.62. The molecule has 1 aromatic heterocycles. The van der Waals surface area contributed by atoms with Crippen molar-refractivity contribution >= 4 is 57.9 Å². The molecule has 1 saturated heterocycles. The molecule has 4 rings (SSSR count). The Morgan fingerprint density at radius 3 is 2.30 bits per heavy atom. The lowest BCUT2D eigenvalue weighted by molar-refractivity contribution is -0.120. The quantitative estimate of drug-likeness (QED) is 0.242.